The maximum atomic E-state index is 12.9. The number of halogens is 1. The fourth-order valence-corrected chi connectivity index (χ4v) is 3.48. The lowest BCUT2D eigenvalue weighted by Gasteiger charge is -2.22. The number of hydrogen-bond donors (Lipinski definition) is 2. The minimum absolute atomic E-state index is 0.0477. The van der Waals surface area contributed by atoms with Crippen molar-refractivity contribution in [1.82, 2.24) is 19.8 Å². The molecule has 3 rings (SSSR count). The van der Waals surface area contributed by atoms with Crippen LogP contribution in [0.3, 0.4) is 0 Å². The molecule has 178 valence electrons. The Morgan fingerprint density at radius 1 is 1.15 bits per heavy atom. The summed E-state index contributed by atoms with van der Waals surface area (Å²) in [6.45, 7) is 11.6. The van der Waals surface area contributed by atoms with Crippen molar-refractivity contribution in [3.05, 3.63) is 77.5 Å². The molecule has 1 aromatic heterocycles. The molecular formula is C26H30ClN5O2. The van der Waals surface area contributed by atoms with Gasteiger partial charge in [0.1, 0.15) is 6.54 Å². The van der Waals surface area contributed by atoms with Crippen molar-refractivity contribution < 1.29 is 9.59 Å². The lowest BCUT2D eigenvalue weighted by molar-refractivity contribution is -0.116. The summed E-state index contributed by atoms with van der Waals surface area (Å²) in [6.07, 6.45) is 3.46. The third-order valence-corrected chi connectivity index (χ3v) is 5.50. The first-order chi connectivity index (χ1) is 16.2. The highest BCUT2D eigenvalue weighted by molar-refractivity contribution is 6.30. The number of carbonyl (C=O) groups is 2. The summed E-state index contributed by atoms with van der Waals surface area (Å²) in [5.74, 6) is 0.000111. The Morgan fingerprint density at radius 2 is 1.85 bits per heavy atom. The Balaban J connectivity index is 1.92. The van der Waals surface area contributed by atoms with Gasteiger partial charge in [-0.15, -0.1) is 6.58 Å². The Bertz CT molecular complexity index is 1180. The molecule has 0 aliphatic carbocycles. The maximum Gasteiger partial charge on any atom is 0.318 e. The largest absolute Gasteiger partial charge is 0.336 e. The minimum Gasteiger partial charge on any atom is -0.336 e. The molecule has 2 N–H and O–H groups in total. The van der Waals surface area contributed by atoms with E-state index in [1.165, 1.54) is 10.5 Å². The summed E-state index contributed by atoms with van der Waals surface area (Å²) >= 11 is 6.04. The summed E-state index contributed by atoms with van der Waals surface area (Å²) in [5.41, 5.74) is 4.71. The second-order valence-corrected chi connectivity index (χ2v) is 8.85. The van der Waals surface area contributed by atoms with Gasteiger partial charge in [-0.1, -0.05) is 35.9 Å². The fourth-order valence-electron chi connectivity index (χ4n) is 3.35. The van der Waals surface area contributed by atoms with Crippen LogP contribution >= 0.6 is 11.6 Å². The number of carbonyl (C=O) groups excluding carboxylic acids is 2. The van der Waals surface area contributed by atoms with Crippen molar-refractivity contribution >= 4 is 29.5 Å². The predicted molar refractivity (Wildman–Crippen MR) is 138 cm³/mol. The number of aryl methyl sites for hydroxylation is 2. The molecule has 8 heteroatoms. The molecule has 0 bridgehead atoms. The second kappa shape index (κ2) is 11.0. The number of imidazole rings is 1. The van der Waals surface area contributed by atoms with E-state index in [9.17, 15) is 9.59 Å². The third-order valence-electron chi connectivity index (χ3n) is 5.25. The molecule has 3 amide bonds. The van der Waals surface area contributed by atoms with Gasteiger partial charge in [0.2, 0.25) is 11.9 Å². The molecule has 0 spiro atoms. The first-order valence-electron chi connectivity index (χ1n) is 11.1. The van der Waals surface area contributed by atoms with Crippen molar-refractivity contribution in [3.8, 4) is 16.9 Å². The number of aromatic nitrogens is 2. The topological polar surface area (TPSA) is 79.3 Å². The zero-order valence-corrected chi connectivity index (χ0v) is 20.7. The van der Waals surface area contributed by atoms with Gasteiger partial charge in [-0.2, -0.15) is 0 Å². The number of urea groups is 1. The van der Waals surface area contributed by atoms with E-state index in [1.807, 2.05) is 68.8 Å². The smallest absolute Gasteiger partial charge is 0.318 e. The Labute approximate surface area is 205 Å². The number of anilines is 1. The average Bonchev–Trinajstić information content (AvgIpc) is 3.19. The van der Waals surface area contributed by atoms with Gasteiger partial charge in [0.25, 0.3) is 0 Å². The quantitative estimate of drug-likeness (QED) is 0.427. The Hall–Kier alpha value is -3.58. The molecule has 2 aromatic carbocycles. The fraction of sp³-hybridized carbons (Fsp3) is 0.269. The molecule has 0 radical (unpaired) electrons. The Morgan fingerprint density at radius 3 is 2.47 bits per heavy atom. The van der Waals surface area contributed by atoms with Crippen LogP contribution in [0.15, 0.2) is 61.3 Å². The van der Waals surface area contributed by atoms with Gasteiger partial charge in [-0.05, 0) is 63.1 Å². The minimum atomic E-state index is -0.362. The van der Waals surface area contributed by atoms with Crippen molar-refractivity contribution in [1.29, 1.82) is 0 Å². The summed E-state index contributed by atoms with van der Waals surface area (Å²) in [4.78, 5) is 31.5. The molecule has 0 saturated heterocycles. The van der Waals surface area contributed by atoms with Gasteiger partial charge in [-0.25, -0.2) is 9.78 Å². The van der Waals surface area contributed by atoms with Crippen molar-refractivity contribution in [2.75, 3.05) is 18.4 Å². The normalized spacial score (nSPS) is 10.8. The summed E-state index contributed by atoms with van der Waals surface area (Å²) in [5, 5.41) is 6.31. The van der Waals surface area contributed by atoms with Gasteiger partial charge in [0.05, 0.1) is 5.69 Å². The van der Waals surface area contributed by atoms with E-state index in [2.05, 4.69) is 22.2 Å². The second-order valence-electron chi connectivity index (χ2n) is 8.42. The summed E-state index contributed by atoms with van der Waals surface area (Å²) in [6, 6.07) is 13.0. The molecule has 1 heterocycles. The predicted octanol–water partition coefficient (Wildman–Crippen LogP) is 5.35. The molecule has 0 atom stereocenters. The van der Waals surface area contributed by atoms with Gasteiger partial charge in [0, 0.05) is 35.1 Å². The molecule has 0 aliphatic heterocycles. The van der Waals surface area contributed by atoms with E-state index < -0.39 is 0 Å². The van der Waals surface area contributed by atoms with Crippen LogP contribution < -0.4 is 10.6 Å². The molecule has 0 fully saturated rings. The van der Waals surface area contributed by atoms with E-state index in [0.29, 0.717) is 16.7 Å². The third kappa shape index (κ3) is 6.26. The van der Waals surface area contributed by atoms with Crippen LogP contribution in [0.2, 0.25) is 5.02 Å². The van der Waals surface area contributed by atoms with E-state index in [4.69, 9.17) is 11.6 Å². The zero-order valence-electron chi connectivity index (χ0n) is 19.9. The van der Waals surface area contributed by atoms with Crippen molar-refractivity contribution in [3.63, 3.8) is 0 Å². The van der Waals surface area contributed by atoms with Crippen LogP contribution in [0.4, 0.5) is 10.7 Å². The monoisotopic (exact) mass is 479 g/mol. The van der Waals surface area contributed by atoms with Crippen LogP contribution in [0.1, 0.15) is 25.0 Å². The highest BCUT2D eigenvalue weighted by atomic mass is 35.5. The lowest BCUT2D eigenvalue weighted by Crippen LogP contribution is -2.46. The van der Waals surface area contributed by atoms with E-state index in [0.717, 1.165) is 16.8 Å². The van der Waals surface area contributed by atoms with Crippen LogP contribution in [0.25, 0.3) is 16.9 Å². The summed E-state index contributed by atoms with van der Waals surface area (Å²) < 4.78 is 1.83. The van der Waals surface area contributed by atoms with Gasteiger partial charge >= 0.3 is 6.03 Å². The number of nitrogens with zero attached hydrogens (tertiary/aromatic N) is 3. The van der Waals surface area contributed by atoms with E-state index in [1.54, 1.807) is 18.2 Å². The number of nitrogens with one attached hydrogen (secondary N) is 2. The van der Waals surface area contributed by atoms with Gasteiger partial charge in [0.15, 0.2) is 0 Å². The van der Waals surface area contributed by atoms with Gasteiger partial charge < -0.3 is 10.2 Å². The standard InChI is InChI=1S/C26H30ClN5O2/c1-6-13-31(26(34)28-17(2)3)16-24(33)30-25-29-23(20-8-10-21(27)11-9-20)15-32(25)22-12-7-18(4)19(5)14-22/h6-12,14-15,17H,1,13,16H2,2-5H3,(H,28,34)(H,29,30,33). The highest BCUT2D eigenvalue weighted by Crippen LogP contribution is 2.26. The molecule has 34 heavy (non-hydrogen) atoms. The molecule has 0 unspecified atom stereocenters. The molecule has 7 nitrogen and oxygen atoms in total. The number of benzene rings is 2. The number of hydrogen-bond acceptors (Lipinski definition) is 3. The maximum absolute atomic E-state index is 12.9. The number of rotatable bonds is 8. The average molecular weight is 480 g/mol. The van der Waals surface area contributed by atoms with Crippen LogP contribution in [0, 0.1) is 13.8 Å². The van der Waals surface area contributed by atoms with Crippen LogP contribution in [-0.4, -0.2) is 45.5 Å². The molecule has 0 saturated carbocycles. The molecular weight excluding hydrogens is 450 g/mol. The molecule has 0 aliphatic rings. The Kier molecular flexibility index (Phi) is 8.12. The van der Waals surface area contributed by atoms with E-state index in [-0.39, 0.29) is 31.1 Å². The first kappa shape index (κ1) is 25.1. The zero-order chi connectivity index (χ0) is 24.8. The van der Waals surface area contributed by atoms with Crippen LogP contribution in [0.5, 0.6) is 0 Å². The van der Waals surface area contributed by atoms with E-state index >= 15 is 0 Å². The highest BCUT2D eigenvalue weighted by Gasteiger charge is 2.19. The first-order valence-corrected chi connectivity index (χ1v) is 11.4. The molecule has 3 aromatic rings. The summed E-state index contributed by atoms with van der Waals surface area (Å²) in [7, 11) is 0. The van der Waals surface area contributed by atoms with Crippen LogP contribution in [-0.2, 0) is 4.79 Å². The SMILES string of the molecule is C=CCN(CC(=O)Nc1nc(-c2ccc(Cl)cc2)cn1-c1ccc(C)c(C)c1)C(=O)NC(C)C. The van der Waals surface area contributed by atoms with Gasteiger partial charge in [-0.3, -0.25) is 14.7 Å². The number of amides is 3. The van der Waals surface area contributed by atoms with Crippen molar-refractivity contribution in [2.45, 2.75) is 33.7 Å². The lowest BCUT2D eigenvalue weighted by atomic mass is 10.1. The van der Waals surface area contributed by atoms with Crippen molar-refractivity contribution in [2.24, 2.45) is 0 Å².